The quantitative estimate of drug-likeness (QED) is 0.628. The van der Waals surface area contributed by atoms with Crippen molar-refractivity contribution in [3.63, 3.8) is 0 Å². The maximum absolute atomic E-state index is 12.8. The van der Waals surface area contributed by atoms with E-state index in [2.05, 4.69) is 19.3 Å². The second-order valence-electron chi connectivity index (χ2n) is 6.94. The number of hydrogen-bond acceptors (Lipinski definition) is 8. The molecule has 0 spiro atoms. The van der Waals surface area contributed by atoms with Crippen LogP contribution in [0.25, 0.3) is 11.0 Å². The number of rotatable bonds is 3. The maximum Gasteiger partial charge on any atom is 0.332 e. The van der Waals surface area contributed by atoms with E-state index in [1.165, 1.54) is 34.9 Å². The van der Waals surface area contributed by atoms with Crippen LogP contribution in [0.15, 0.2) is 19.0 Å². The summed E-state index contributed by atoms with van der Waals surface area (Å²) in [5.41, 5.74) is -0.829. The SMILES string of the molecule is CCc1nsc(Sc2nc(C(C)(C)C)nc3c2c(=O)n(C)c(=O)n3C)n1. The number of aromatic nitrogens is 6. The molecule has 3 heterocycles. The molecule has 0 saturated carbocycles. The van der Waals surface area contributed by atoms with Crippen LogP contribution in [0.5, 0.6) is 0 Å². The molecule has 0 aromatic carbocycles. The van der Waals surface area contributed by atoms with E-state index in [0.717, 1.165) is 16.8 Å². The molecule has 0 bridgehead atoms. The van der Waals surface area contributed by atoms with Gasteiger partial charge in [0.25, 0.3) is 5.56 Å². The Hall–Kier alpha value is -2.07. The second-order valence-corrected chi connectivity index (χ2v) is 8.93. The number of nitrogens with zero attached hydrogens (tertiary/aromatic N) is 6. The molecule has 0 aliphatic carbocycles. The summed E-state index contributed by atoms with van der Waals surface area (Å²) in [7, 11) is 3.06. The lowest BCUT2D eigenvalue weighted by molar-refractivity contribution is 0.539. The fraction of sp³-hybridized carbons (Fsp3) is 0.500. The van der Waals surface area contributed by atoms with Gasteiger partial charge in [-0.05, 0) is 23.3 Å². The van der Waals surface area contributed by atoms with Crippen LogP contribution >= 0.6 is 23.3 Å². The average Bonchev–Trinajstić information content (AvgIpc) is 3.04. The molecule has 10 heteroatoms. The van der Waals surface area contributed by atoms with Gasteiger partial charge in [-0.3, -0.25) is 13.9 Å². The third-order valence-corrected chi connectivity index (χ3v) is 5.67. The normalized spacial score (nSPS) is 12.1. The lowest BCUT2D eigenvalue weighted by atomic mass is 9.96. The van der Waals surface area contributed by atoms with Gasteiger partial charge in [-0.15, -0.1) is 0 Å². The molecule has 138 valence electrons. The Kier molecular flexibility index (Phi) is 4.74. The minimum atomic E-state index is -0.416. The summed E-state index contributed by atoms with van der Waals surface area (Å²) in [6.45, 7) is 7.95. The van der Waals surface area contributed by atoms with Crippen molar-refractivity contribution in [3.05, 3.63) is 32.5 Å². The highest BCUT2D eigenvalue weighted by Gasteiger charge is 2.24. The Balaban J connectivity index is 2.34. The molecule has 0 atom stereocenters. The summed E-state index contributed by atoms with van der Waals surface area (Å²) in [6.07, 6.45) is 0.741. The third-order valence-electron chi connectivity index (χ3n) is 3.89. The highest BCUT2D eigenvalue weighted by atomic mass is 32.2. The molecular weight excluding hydrogens is 372 g/mol. The zero-order valence-electron chi connectivity index (χ0n) is 15.5. The summed E-state index contributed by atoms with van der Waals surface area (Å²) in [5.74, 6) is 1.32. The Labute approximate surface area is 158 Å². The Morgan fingerprint density at radius 1 is 1.08 bits per heavy atom. The van der Waals surface area contributed by atoms with Gasteiger partial charge in [-0.25, -0.2) is 19.7 Å². The van der Waals surface area contributed by atoms with E-state index in [-0.39, 0.29) is 5.41 Å². The highest BCUT2D eigenvalue weighted by molar-refractivity contribution is 8.01. The topological polar surface area (TPSA) is 95.6 Å². The lowest BCUT2D eigenvalue weighted by Crippen LogP contribution is -2.38. The summed E-state index contributed by atoms with van der Waals surface area (Å²) in [6, 6.07) is 0. The summed E-state index contributed by atoms with van der Waals surface area (Å²) in [5, 5.41) is 0.816. The fourth-order valence-corrected chi connectivity index (χ4v) is 4.07. The van der Waals surface area contributed by atoms with Gasteiger partial charge >= 0.3 is 5.69 Å². The summed E-state index contributed by atoms with van der Waals surface area (Å²) in [4.78, 5) is 38.7. The fourth-order valence-electron chi connectivity index (χ4n) is 2.34. The van der Waals surface area contributed by atoms with Gasteiger partial charge in [0.2, 0.25) is 0 Å². The van der Waals surface area contributed by atoms with E-state index in [1.807, 2.05) is 27.7 Å². The van der Waals surface area contributed by atoms with Crippen LogP contribution in [-0.4, -0.2) is 28.5 Å². The van der Waals surface area contributed by atoms with Gasteiger partial charge in [0, 0.05) is 25.9 Å². The molecule has 0 aliphatic rings. The molecule has 8 nitrogen and oxygen atoms in total. The Bertz CT molecular complexity index is 1110. The summed E-state index contributed by atoms with van der Waals surface area (Å²) < 4.78 is 7.45. The van der Waals surface area contributed by atoms with Crippen molar-refractivity contribution in [1.29, 1.82) is 0 Å². The number of fused-ring (bicyclic) bond motifs is 1. The Morgan fingerprint density at radius 2 is 1.77 bits per heavy atom. The van der Waals surface area contributed by atoms with Crippen LogP contribution in [0.4, 0.5) is 0 Å². The first-order valence-corrected chi connectivity index (χ1v) is 9.71. The van der Waals surface area contributed by atoms with E-state index < -0.39 is 11.2 Å². The molecule has 0 unspecified atom stereocenters. The van der Waals surface area contributed by atoms with Crippen LogP contribution in [0, 0.1) is 0 Å². The molecule has 3 aromatic rings. The summed E-state index contributed by atoms with van der Waals surface area (Å²) >= 11 is 2.56. The maximum atomic E-state index is 12.8. The van der Waals surface area contributed by atoms with Gasteiger partial charge in [-0.1, -0.05) is 27.7 Å². The molecule has 26 heavy (non-hydrogen) atoms. The van der Waals surface area contributed by atoms with Crippen LogP contribution in [0.2, 0.25) is 0 Å². The molecule has 0 fully saturated rings. The minimum Gasteiger partial charge on any atom is -0.280 e. The molecule has 0 amide bonds. The molecule has 0 saturated heterocycles. The zero-order valence-corrected chi connectivity index (χ0v) is 17.2. The van der Waals surface area contributed by atoms with E-state index in [4.69, 9.17) is 0 Å². The van der Waals surface area contributed by atoms with Crippen molar-refractivity contribution in [2.24, 2.45) is 14.1 Å². The molecule has 3 rings (SSSR count). The standard InChI is InChI=1S/C16H20N6O2S2/c1-7-8-17-14(26-20-8)25-11-9-10(18-13(19-11)16(2,3)4)21(5)15(24)22(6)12(9)23/h7H2,1-6H3. The largest absolute Gasteiger partial charge is 0.332 e. The van der Waals surface area contributed by atoms with Crippen molar-refractivity contribution in [3.8, 4) is 0 Å². The molecule has 0 radical (unpaired) electrons. The van der Waals surface area contributed by atoms with Crippen LogP contribution < -0.4 is 11.2 Å². The van der Waals surface area contributed by atoms with Gasteiger partial charge < -0.3 is 0 Å². The first kappa shape index (κ1) is 18.7. The van der Waals surface area contributed by atoms with E-state index in [9.17, 15) is 9.59 Å². The first-order chi connectivity index (χ1) is 12.1. The van der Waals surface area contributed by atoms with E-state index >= 15 is 0 Å². The number of aryl methyl sites for hydroxylation is 2. The van der Waals surface area contributed by atoms with Crippen molar-refractivity contribution >= 4 is 34.3 Å². The zero-order chi connectivity index (χ0) is 19.2. The average molecular weight is 393 g/mol. The third kappa shape index (κ3) is 3.18. The van der Waals surface area contributed by atoms with Crippen molar-refractivity contribution in [1.82, 2.24) is 28.5 Å². The molecular formula is C16H20N6O2S2. The predicted octanol–water partition coefficient (Wildman–Crippen LogP) is 1.89. The highest BCUT2D eigenvalue weighted by Crippen LogP contribution is 2.32. The molecule has 0 N–H and O–H groups in total. The van der Waals surface area contributed by atoms with Gasteiger partial charge in [0.1, 0.15) is 22.1 Å². The van der Waals surface area contributed by atoms with Crippen molar-refractivity contribution in [2.75, 3.05) is 0 Å². The number of hydrogen-bond donors (Lipinski definition) is 0. The second kappa shape index (κ2) is 6.58. The van der Waals surface area contributed by atoms with Crippen LogP contribution in [0.3, 0.4) is 0 Å². The first-order valence-electron chi connectivity index (χ1n) is 8.12. The van der Waals surface area contributed by atoms with Gasteiger partial charge in [0.15, 0.2) is 9.99 Å². The minimum absolute atomic E-state index is 0.320. The van der Waals surface area contributed by atoms with Crippen LogP contribution in [-0.2, 0) is 25.9 Å². The van der Waals surface area contributed by atoms with Crippen LogP contribution in [0.1, 0.15) is 39.3 Å². The molecule has 3 aromatic heterocycles. The van der Waals surface area contributed by atoms with Gasteiger partial charge in [-0.2, -0.15) is 4.37 Å². The van der Waals surface area contributed by atoms with E-state index in [1.54, 1.807) is 7.05 Å². The van der Waals surface area contributed by atoms with Crippen molar-refractivity contribution in [2.45, 2.75) is 48.9 Å². The lowest BCUT2D eigenvalue weighted by Gasteiger charge is -2.19. The smallest absolute Gasteiger partial charge is 0.280 e. The molecule has 0 aliphatic heterocycles. The van der Waals surface area contributed by atoms with E-state index in [0.29, 0.717) is 26.2 Å². The predicted molar refractivity (Wildman–Crippen MR) is 102 cm³/mol. The monoisotopic (exact) mass is 392 g/mol. The van der Waals surface area contributed by atoms with Crippen molar-refractivity contribution < 1.29 is 0 Å². The van der Waals surface area contributed by atoms with Gasteiger partial charge in [0.05, 0.1) is 0 Å². The Morgan fingerprint density at radius 3 is 2.35 bits per heavy atom.